The van der Waals surface area contributed by atoms with Gasteiger partial charge in [0.2, 0.25) is 5.91 Å². The number of rotatable bonds is 8. The number of hydrogen-bond donors (Lipinski definition) is 2. The summed E-state index contributed by atoms with van der Waals surface area (Å²) >= 11 is 0. The van der Waals surface area contributed by atoms with Gasteiger partial charge in [-0.2, -0.15) is 0 Å². The van der Waals surface area contributed by atoms with Gasteiger partial charge in [-0.15, -0.1) is 0 Å². The molecule has 10 nitrogen and oxygen atoms in total. The lowest BCUT2D eigenvalue weighted by atomic mass is 10.2. The number of anilines is 2. The first kappa shape index (κ1) is 24.0. The van der Waals surface area contributed by atoms with Crippen LogP contribution in [0.4, 0.5) is 15.8 Å². The summed E-state index contributed by atoms with van der Waals surface area (Å²) in [4.78, 5) is 39.0. The van der Waals surface area contributed by atoms with Crippen molar-refractivity contribution in [1.82, 2.24) is 9.80 Å². The molecule has 0 spiro atoms. The standard InChI is InChI=1S/C21H23FN4O6S/c1-3-25-10-11-26(21(29)20(25)28)13-19(27)23-15-6-9-18(32-2)17(12-15)24-33(30,31)16-7-4-14(22)5-8-16/h4-9,12,24H,3,10-11,13H2,1-2H3,(H,23,27). The Kier molecular flexibility index (Phi) is 7.16. The minimum absolute atomic E-state index is 0.0439. The lowest BCUT2D eigenvalue weighted by Gasteiger charge is -2.32. The molecule has 3 rings (SSSR count). The number of sulfonamides is 1. The number of ether oxygens (including phenoxy) is 1. The van der Waals surface area contributed by atoms with Crippen molar-refractivity contribution in [3.8, 4) is 5.75 Å². The second kappa shape index (κ2) is 9.86. The Hall–Kier alpha value is -3.67. The van der Waals surface area contributed by atoms with E-state index in [9.17, 15) is 27.2 Å². The highest BCUT2D eigenvalue weighted by molar-refractivity contribution is 7.92. The van der Waals surface area contributed by atoms with E-state index < -0.39 is 33.6 Å². The van der Waals surface area contributed by atoms with Crippen molar-refractivity contribution in [3.05, 3.63) is 48.3 Å². The van der Waals surface area contributed by atoms with Crippen molar-refractivity contribution in [2.75, 3.05) is 43.3 Å². The molecule has 176 valence electrons. The number of carbonyl (C=O) groups excluding carboxylic acids is 3. The molecule has 2 N–H and O–H groups in total. The quantitative estimate of drug-likeness (QED) is 0.551. The molecular formula is C21H23FN4O6S. The second-order valence-corrected chi connectivity index (χ2v) is 8.82. The van der Waals surface area contributed by atoms with E-state index in [0.717, 1.165) is 29.2 Å². The van der Waals surface area contributed by atoms with Gasteiger partial charge < -0.3 is 19.9 Å². The summed E-state index contributed by atoms with van der Waals surface area (Å²) in [6.07, 6.45) is 0. The second-order valence-electron chi connectivity index (χ2n) is 7.13. The number of methoxy groups -OCH3 is 1. The molecular weight excluding hydrogens is 455 g/mol. The van der Waals surface area contributed by atoms with E-state index in [1.807, 2.05) is 0 Å². The topological polar surface area (TPSA) is 125 Å². The first-order valence-corrected chi connectivity index (χ1v) is 11.5. The Morgan fingerprint density at radius 2 is 1.70 bits per heavy atom. The minimum atomic E-state index is -4.06. The zero-order valence-electron chi connectivity index (χ0n) is 18.0. The van der Waals surface area contributed by atoms with Crippen LogP contribution in [0.5, 0.6) is 5.75 Å². The Balaban J connectivity index is 1.73. The SMILES string of the molecule is CCN1CCN(CC(=O)Nc2ccc(OC)c(NS(=O)(=O)c3ccc(F)cc3)c2)C(=O)C1=O. The summed E-state index contributed by atoms with van der Waals surface area (Å²) in [7, 11) is -2.71. The first-order chi connectivity index (χ1) is 15.6. The van der Waals surface area contributed by atoms with Gasteiger partial charge in [0, 0.05) is 25.3 Å². The number of carbonyl (C=O) groups is 3. The highest BCUT2D eigenvalue weighted by Gasteiger charge is 2.32. The maximum Gasteiger partial charge on any atom is 0.312 e. The molecule has 2 aromatic rings. The van der Waals surface area contributed by atoms with E-state index >= 15 is 0 Å². The van der Waals surface area contributed by atoms with Gasteiger partial charge in [-0.3, -0.25) is 19.1 Å². The predicted octanol–water partition coefficient (Wildman–Crippen LogP) is 1.26. The lowest BCUT2D eigenvalue weighted by Crippen LogP contribution is -2.55. The number of amides is 3. The normalized spacial score (nSPS) is 14.3. The third kappa shape index (κ3) is 5.58. The fourth-order valence-corrected chi connectivity index (χ4v) is 4.29. The summed E-state index contributed by atoms with van der Waals surface area (Å²) in [5.74, 6) is -2.35. The zero-order valence-corrected chi connectivity index (χ0v) is 18.8. The minimum Gasteiger partial charge on any atom is -0.495 e. The van der Waals surface area contributed by atoms with Crippen LogP contribution in [0.2, 0.25) is 0 Å². The fraction of sp³-hybridized carbons (Fsp3) is 0.286. The number of nitrogens with one attached hydrogen (secondary N) is 2. The molecule has 0 atom stereocenters. The summed E-state index contributed by atoms with van der Waals surface area (Å²) in [6, 6.07) is 8.57. The molecule has 0 radical (unpaired) electrons. The van der Waals surface area contributed by atoms with Crippen molar-refractivity contribution in [3.63, 3.8) is 0 Å². The molecule has 0 aromatic heterocycles. The molecule has 1 aliphatic rings. The largest absolute Gasteiger partial charge is 0.495 e. The van der Waals surface area contributed by atoms with Gasteiger partial charge in [0.1, 0.15) is 18.1 Å². The highest BCUT2D eigenvalue weighted by atomic mass is 32.2. The molecule has 33 heavy (non-hydrogen) atoms. The average molecular weight is 479 g/mol. The molecule has 1 fully saturated rings. The van der Waals surface area contributed by atoms with Gasteiger partial charge >= 0.3 is 11.8 Å². The predicted molar refractivity (Wildman–Crippen MR) is 118 cm³/mol. The van der Waals surface area contributed by atoms with Gasteiger partial charge in [0.15, 0.2) is 0 Å². The van der Waals surface area contributed by atoms with Gasteiger partial charge in [0.05, 0.1) is 17.7 Å². The third-order valence-corrected chi connectivity index (χ3v) is 6.35. The van der Waals surface area contributed by atoms with Crippen LogP contribution >= 0.6 is 0 Å². The Morgan fingerprint density at radius 3 is 2.33 bits per heavy atom. The van der Waals surface area contributed by atoms with Crippen LogP contribution in [0.1, 0.15) is 6.92 Å². The number of nitrogens with zero attached hydrogens (tertiary/aromatic N) is 2. The smallest absolute Gasteiger partial charge is 0.312 e. The van der Waals surface area contributed by atoms with Crippen molar-refractivity contribution >= 4 is 39.1 Å². The van der Waals surface area contributed by atoms with Gasteiger partial charge in [0.25, 0.3) is 10.0 Å². The van der Waals surface area contributed by atoms with Crippen LogP contribution in [0.15, 0.2) is 47.4 Å². The molecule has 1 aliphatic heterocycles. The number of piperazine rings is 1. The fourth-order valence-electron chi connectivity index (χ4n) is 3.22. The van der Waals surface area contributed by atoms with E-state index in [0.29, 0.717) is 13.1 Å². The number of halogens is 1. The number of hydrogen-bond acceptors (Lipinski definition) is 6. The van der Waals surface area contributed by atoms with Gasteiger partial charge in [-0.05, 0) is 49.4 Å². The number of likely N-dealkylation sites (N-methyl/N-ethyl adjacent to an activating group) is 1. The molecule has 2 aromatic carbocycles. The molecule has 1 saturated heterocycles. The van der Waals surface area contributed by atoms with Crippen molar-refractivity contribution in [1.29, 1.82) is 0 Å². The molecule has 1 heterocycles. The van der Waals surface area contributed by atoms with Crippen molar-refractivity contribution < 1.29 is 31.9 Å². The van der Waals surface area contributed by atoms with Crippen LogP contribution in [0, 0.1) is 5.82 Å². The Labute approximate surface area is 190 Å². The van der Waals surface area contributed by atoms with E-state index in [2.05, 4.69) is 10.0 Å². The summed E-state index contributed by atoms with van der Waals surface area (Å²) in [5.41, 5.74) is 0.283. The molecule has 0 unspecified atom stereocenters. The average Bonchev–Trinajstić information content (AvgIpc) is 2.77. The summed E-state index contributed by atoms with van der Waals surface area (Å²) < 4.78 is 45.9. The highest BCUT2D eigenvalue weighted by Crippen LogP contribution is 2.30. The third-order valence-electron chi connectivity index (χ3n) is 4.96. The molecule has 0 bridgehead atoms. The maximum atomic E-state index is 13.1. The van der Waals surface area contributed by atoms with Gasteiger partial charge in [-0.25, -0.2) is 12.8 Å². The lowest BCUT2D eigenvalue weighted by molar-refractivity contribution is -0.156. The zero-order chi connectivity index (χ0) is 24.2. The van der Waals surface area contributed by atoms with Crippen LogP contribution in [-0.4, -0.2) is 69.2 Å². The summed E-state index contributed by atoms with van der Waals surface area (Å²) in [6.45, 7) is 2.42. The van der Waals surface area contributed by atoms with Crippen LogP contribution < -0.4 is 14.8 Å². The molecule has 0 saturated carbocycles. The summed E-state index contributed by atoms with van der Waals surface area (Å²) in [5, 5.41) is 2.58. The van der Waals surface area contributed by atoms with Gasteiger partial charge in [-0.1, -0.05) is 0 Å². The van der Waals surface area contributed by atoms with E-state index in [1.165, 1.54) is 30.2 Å². The van der Waals surface area contributed by atoms with Crippen LogP contribution in [0.25, 0.3) is 0 Å². The Bertz CT molecular complexity index is 1170. The van der Waals surface area contributed by atoms with Crippen LogP contribution in [-0.2, 0) is 24.4 Å². The molecule has 0 aliphatic carbocycles. The van der Waals surface area contributed by atoms with E-state index in [1.54, 1.807) is 6.92 Å². The van der Waals surface area contributed by atoms with Crippen LogP contribution in [0.3, 0.4) is 0 Å². The number of benzene rings is 2. The van der Waals surface area contributed by atoms with Crippen molar-refractivity contribution in [2.24, 2.45) is 0 Å². The molecule has 12 heteroatoms. The van der Waals surface area contributed by atoms with E-state index in [-0.39, 0.29) is 35.1 Å². The molecule has 3 amide bonds. The van der Waals surface area contributed by atoms with E-state index in [4.69, 9.17) is 4.74 Å². The maximum absolute atomic E-state index is 13.1. The monoisotopic (exact) mass is 478 g/mol. The Morgan fingerprint density at radius 1 is 1.06 bits per heavy atom. The van der Waals surface area contributed by atoms with Crippen molar-refractivity contribution in [2.45, 2.75) is 11.8 Å². The first-order valence-electron chi connectivity index (χ1n) is 9.99.